The number of hydrogen-bond donors (Lipinski definition) is 2. The van der Waals surface area contributed by atoms with E-state index in [9.17, 15) is 4.79 Å². The van der Waals surface area contributed by atoms with Gasteiger partial charge in [0.1, 0.15) is 0 Å². The summed E-state index contributed by atoms with van der Waals surface area (Å²) in [6.07, 6.45) is 3.34. The summed E-state index contributed by atoms with van der Waals surface area (Å²) in [6, 6.07) is 5.62. The Morgan fingerprint density at radius 1 is 1.39 bits per heavy atom. The minimum atomic E-state index is -0.0408. The zero-order valence-electron chi connectivity index (χ0n) is 10.8. The number of anilines is 1. The molecule has 0 heterocycles. The van der Waals surface area contributed by atoms with Gasteiger partial charge in [-0.25, -0.2) is 0 Å². The third-order valence-corrected chi connectivity index (χ3v) is 3.76. The largest absolute Gasteiger partial charge is 0.387 e. The number of carbonyl (C=O) groups is 1. The predicted octanol–water partition coefficient (Wildman–Crippen LogP) is 3.30. The standard InChI is InChI=1S/C14H19ClN2O/c1-9-3-5-11(7-9)17-14(18)12-8-10(15)4-6-13(12)16-2/h4,6,8-9,11,16H,3,5,7H2,1-2H3,(H,17,18). The summed E-state index contributed by atoms with van der Waals surface area (Å²) in [4.78, 5) is 12.2. The van der Waals surface area contributed by atoms with Gasteiger partial charge >= 0.3 is 0 Å². The molecule has 0 spiro atoms. The average molecular weight is 267 g/mol. The Morgan fingerprint density at radius 2 is 2.17 bits per heavy atom. The van der Waals surface area contributed by atoms with E-state index in [2.05, 4.69) is 17.6 Å². The number of amides is 1. The molecule has 0 radical (unpaired) electrons. The Balaban J connectivity index is 2.10. The van der Waals surface area contributed by atoms with Crippen LogP contribution in [0.25, 0.3) is 0 Å². The molecule has 1 fully saturated rings. The summed E-state index contributed by atoms with van der Waals surface area (Å²) >= 11 is 5.95. The third-order valence-electron chi connectivity index (χ3n) is 3.53. The number of nitrogens with one attached hydrogen (secondary N) is 2. The van der Waals surface area contributed by atoms with Gasteiger partial charge in [0.15, 0.2) is 0 Å². The van der Waals surface area contributed by atoms with Crippen molar-refractivity contribution < 1.29 is 4.79 Å². The van der Waals surface area contributed by atoms with Crippen LogP contribution in [0.1, 0.15) is 36.5 Å². The van der Waals surface area contributed by atoms with Gasteiger partial charge in [0, 0.05) is 23.8 Å². The Hall–Kier alpha value is -1.22. The van der Waals surface area contributed by atoms with Gasteiger partial charge in [-0.05, 0) is 43.4 Å². The molecule has 1 aliphatic carbocycles. The molecule has 18 heavy (non-hydrogen) atoms. The van der Waals surface area contributed by atoms with Crippen LogP contribution in [0.3, 0.4) is 0 Å². The van der Waals surface area contributed by atoms with Crippen LogP contribution in [0, 0.1) is 5.92 Å². The summed E-state index contributed by atoms with van der Waals surface area (Å²) in [5, 5.41) is 6.69. The van der Waals surface area contributed by atoms with Crippen molar-refractivity contribution in [2.75, 3.05) is 12.4 Å². The molecule has 1 saturated carbocycles. The van der Waals surface area contributed by atoms with Crippen molar-refractivity contribution >= 4 is 23.2 Å². The second-order valence-corrected chi connectivity index (χ2v) is 5.46. The first-order chi connectivity index (χ1) is 8.60. The Labute approximate surface area is 113 Å². The second-order valence-electron chi connectivity index (χ2n) is 5.03. The lowest BCUT2D eigenvalue weighted by Crippen LogP contribution is -2.33. The first kappa shape index (κ1) is 13.2. The number of halogens is 1. The number of benzene rings is 1. The van der Waals surface area contributed by atoms with Gasteiger partial charge in [0.05, 0.1) is 5.56 Å². The van der Waals surface area contributed by atoms with Crippen LogP contribution in [0.2, 0.25) is 5.02 Å². The molecule has 0 aromatic heterocycles. The normalized spacial score (nSPS) is 22.8. The van der Waals surface area contributed by atoms with E-state index in [0.717, 1.165) is 18.5 Å². The fourth-order valence-corrected chi connectivity index (χ4v) is 2.70. The van der Waals surface area contributed by atoms with Crippen LogP contribution >= 0.6 is 11.6 Å². The van der Waals surface area contributed by atoms with Crippen molar-refractivity contribution in [1.29, 1.82) is 0 Å². The highest BCUT2D eigenvalue weighted by molar-refractivity contribution is 6.31. The minimum absolute atomic E-state index is 0.0408. The lowest BCUT2D eigenvalue weighted by atomic mass is 10.1. The lowest BCUT2D eigenvalue weighted by Gasteiger charge is -2.15. The van der Waals surface area contributed by atoms with Gasteiger partial charge in [0.25, 0.3) is 5.91 Å². The first-order valence-electron chi connectivity index (χ1n) is 6.38. The van der Waals surface area contributed by atoms with Crippen LogP contribution in [0.4, 0.5) is 5.69 Å². The van der Waals surface area contributed by atoms with Crippen LogP contribution < -0.4 is 10.6 Å². The first-order valence-corrected chi connectivity index (χ1v) is 6.76. The minimum Gasteiger partial charge on any atom is -0.387 e. The highest BCUT2D eigenvalue weighted by Crippen LogP contribution is 2.26. The van der Waals surface area contributed by atoms with E-state index < -0.39 is 0 Å². The molecule has 1 aromatic rings. The molecule has 4 heteroatoms. The monoisotopic (exact) mass is 266 g/mol. The van der Waals surface area contributed by atoms with Gasteiger partial charge in [-0.2, -0.15) is 0 Å². The van der Waals surface area contributed by atoms with Crippen molar-refractivity contribution in [3.8, 4) is 0 Å². The van der Waals surface area contributed by atoms with E-state index >= 15 is 0 Å². The number of rotatable bonds is 3. The summed E-state index contributed by atoms with van der Waals surface area (Å²) in [6.45, 7) is 2.23. The molecule has 1 amide bonds. The summed E-state index contributed by atoms with van der Waals surface area (Å²) in [7, 11) is 1.80. The highest BCUT2D eigenvalue weighted by atomic mass is 35.5. The van der Waals surface area contributed by atoms with Crippen molar-refractivity contribution in [3.05, 3.63) is 28.8 Å². The molecule has 1 aromatic carbocycles. The van der Waals surface area contributed by atoms with E-state index in [1.165, 1.54) is 6.42 Å². The molecular weight excluding hydrogens is 248 g/mol. The van der Waals surface area contributed by atoms with Gasteiger partial charge in [-0.3, -0.25) is 4.79 Å². The fourth-order valence-electron chi connectivity index (χ4n) is 2.52. The van der Waals surface area contributed by atoms with Crippen LogP contribution in [0.5, 0.6) is 0 Å². The van der Waals surface area contributed by atoms with Gasteiger partial charge in [-0.1, -0.05) is 18.5 Å². The molecule has 1 aliphatic rings. The summed E-state index contributed by atoms with van der Waals surface area (Å²) in [5.41, 5.74) is 1.42. The lowest BCUT2D eigenvalue weighted by molar-refractivity contribution is 0.0938. The Morgan fingerprint density at radius 3 is 2.78 bits per heavy atom. The molecule has 3 nitrogen and oxygen atoms in total. The summed E-state index contributed by atoms with van der Waals surface area (Å²) in [5.74, 6) is 0.666. The fraction of sp³-hybridized carbons (Fsp3) is 0.500. The summed E-state index contributed by atoms with van der Waals surface area (Å²) < 4.78 is 0. The van der Waals surface area contributed by atoms with Crippen molar-refractivity contribution in [1.82, 2.24) is 5.32 Å². The van der Waals surface area contributed by atoms with E-state index in [1.54, 1.807) is 19.2 Å². The van der Waals surface area contributed by atoms with E-state index in [-0.39, 0.29) is 5.91 Å². The van der Waals surface area contributed by atoms with E-state index in [1.807, 2.05) is 6.07 Å². The van der Waals surface area contributed by atoms with Crippen LogP contribution in [-0.4, -0.2) is 19.0 Å². The SMILES string of the molecule is CNc1ccc(Cl)cc1C(=O)NC1CCC(C)C1. The highest BCUT2D eigenvalue weighted by Gasteiger charge is 2.23. The second kappa shape index (κ2) is 5.61. The van der Waals surface area contributed by atoms with Crippen molar-refractivity contribution in [3.63, 3.8) is 0 Å². The maximum Gasteiger partial charge on any atom is 0.253 e. The Bertz CT molecular complexity index is 447. The molecular formula is C14H19ClN2O. The van der Waals surface area contributed by atoms with Crippen LogP contribution in [0.15, 0.2) is 18.2 Å². The molecule has 2 rings (SSSR count). The van der Waals surface area contributed by atoms with Crippen molar-refractivity contribution in [2.24, 2.45) is 5.92 Å². The molecule has 98 valence electrons. The zero-order chi connectivity index (χ0) is 13.1. The third kappa shape index (κ3) is 2.96. The maximum absolute atomic E-state index is 12.2. The van der Waals surface area contributed by atoms with E-state index in [0.29, 0.717) is 22.5 Å². The smallest absolute Gasteiger partial charge is 0.253 e. The van der Waals surface area contributed by atoms with Crippen LogP contribution in [-0.2, 0) is 0 Å². The average Bonchev–Trinajstić information content (AvgIpc) is 2.74. The topological polar surface area (TPSA) is 41.1 Å². The molecule has 0 aliphatic heterocycles. The number of carbonyl (C=O) groups excluding carboxylic acids is 1. The molecule has 2 unspecified atom stereocenters. The maximum atomic E-state index is 12.2. The van der Waals surface area contributed by atoms with Gasteiger partial charge in [-0.15, -0.1) is 0 Å². The molecule has 0 bridgehead atoms. The molecule has 0 saturated heterocycles. The predicted molar refractivity (Wildman–Crippen MR) is 75.3 cm³/mol. The van der Waals surface area contributed by atoms with E-state index in [4.69, 9.17) is 11.6 Å². The van der Waals surface area contributed by atoms with Gasteiger partial charge < -0.3 is 10.6 Å². The van der Waals surface area contributed by atoms with Gasteiger partial charge in [0.2, 0.25) is 0 Å². The molecule has 2 atom stereocenters. The van der Waals surface area contributed by atoms with Crippen molar-refractivity contribution in [2.45, 2.75) is 32.2 Å². The Kier molecular flexibility index (Phi) is 4.12. The molecule has 2 N–H and O–H groups in total. The zero-order valence-corrected chi connectivity index (χ0v) is 11.6. The quantitative estimate of drug-likeness (QED) is 0.881. The number of hydrogen-bond acceptors (Lipinski definition) is 2.